The standard InChI is InChI=1S/C13H22BrN3O2S/c1-9-10(14)20-11(15-9)17(8-7-16(5)6)12(18)19-13(2,3)4/h7-8H2,1-6H3. The van der Waals surface area contributed by atoms with Crippen molar-refractivity contribution < 1.29 is 9.53 Å². The molecule has 7 heteroatoms. The lowest BCUT2D eigenvalue weighted by Gasteiger charge is -2.26. The first-order chi connectivity index (χ1) is 9.10. The van der Waals surface area contributed by atoms with Gasteiger partial charge in [0, 0.05) is 13.1 Å². The van der Waals surface area contributed by atoms with E-state index in [4.69, 9.17) is 4.74 Å². The van der Waals surface area contributed by atoms with Gasteiger partial charge in [-0.3, -0.25) is 4.90 Å². The number of carbonyl (C=O) groups is 1. The van der Waals surface area contributed by atoms with E-state index in [0.717, 1.165) is 16.0 Å². The number of nitrogens with zero attached hydrogens (tertiary/aromatic N) is 3. The first-order valence-corrected chi connectivity index (χ1v) is 7.99. The Morgan fingerprint density at radius 1 is 1.35 bits per heavy atom. The Hall–Kier alpha value is -0.660. The maximum Gasteiger partial charge on any atom is 0.416 e. The molecule has 0 radical (unpaired) electrons. The first-order valence-electron chi connectivity index (χ1n) is 6.38. The summed E-state index contributed by atoms with van der Waals surface area (Å²) in [4.78, 5) is 20.4. The van der Waals surface area contributed by atoms with Crippen LogP contribution in [0.3, 0.4) is 0 Å². The van der Waals surface area contributed by atoms with Gasteiger partial charge < -0.3 is 9.64 Å². The van der Waals surface area contributed by atoms with Crippen molar-refractivity contribution in [1.82, 2.24) is 9.88 Å². The topological polar surface area (TPSA) is 45.7 Å². The number of amides is 1. The van der Waals surface area contributed by atoms with Gasteiger partial charge in [-0.2, -0.15) is 0 Å². The molecule has 0 aliphatic rings. The lowest BCUT2D eigenvalue weighted by atomic mass is 10.2. The highest BCUT2D eigenvalue weighted by Crippen LogP contribution is 2.31. The fourth-order valence-corrected chi connectivity index (χ4v) is 2.70. The van der Waals surface area contributed by atoms with Gasteiger partial charge in [-0.15, -0.1) is 0 Å². The van der Waals surface area contributed by atoms with Crippen LogP contribution in [0.2, 0.25) is 0 Å². The summed E-state index contributed by atoms with van der Waals surface area (Å²) in [5.74, 6) is 0. The molecule has 0 aromatic carbocycles. The molecule has 0 fully saturated rings. The minimum atomic E-state index is -0.517. The Bertz CT molecular complexity index is 449. The van der Waals surface area contributed by atoms with Crippen molar-refractivity contribution in [2.45, 2.75) is 33.3 Å². The Kier molecular flexibility index (Phi) is 5.97. The molecule has 0 saturated heterocycles. The average molecular weight is 364 g/mol. The van der Waals surface area contributed by atoms with Crippen LogP contribution >= 0.6 is 27.3 Å². The minimum Gasteiger partial charge on any atom is -0.443 e. The van der Waals surface area contributed by atoms with Crippen molar-refractivity contribution >= 4 is 38.5 Å². The van der Waals surface area contributed by atoms with Gasteiger partial charge in [-0.05, 0) is 57.7 Å². The van der Waals surface area contributed by atoms with Gasteiger partial charge in [0.1, 0.15) is 5.60 Å². The van der Waals surface area contributed by atoms with Crippen LogP contribution in [-0.4, -0.2) is 48.8 Å². The van der Waals surface area contributed by atoms with Gasteiger partial charge in [-0.1, -0.05) is 11.3 Å². The number of halogens is 1. The highest BCUT2D eigenvalue weighted by Gasteiger charge is 2.26. The van der Waals surface area contributed by atoms with Gasteiger partial charge in [0.05, 0.1) is 9.48 Å². The number of carbonyl (C=O) groups excluding carboxylic acids is 1. The number of thiazole rings is 1. The molecule has 0 spiro atoms. The van der Waals surface area contributed by atoms with Crippen LogP contribution in [-0.2, 0) is 4.74 Å². The molecule has 1 aromatic rings. The number of aryl methyl sites for hydroxylation is 1. The van der Waals surface area contributed by atoms with E-state index in [9.17, 15) is 4.79 Å². The minimum absolute atomic E-state index is 0.361. The SMILES string of the molecule is Cc1nc(N(CCN(C)C)C(=O)OC(C)(C)C)sc1Br. The predicted octanol–water partition coefficient (Wildman–Crippen LogP) is 3.52. The van der Waals surface area contributed by atoms with Crippen LogP contribution in [0.1, 0.15) is 26.5 Å². The van der Waals surface area contributed by atoms with Crippen LogP contribution in [0.15, 0.2) is 3.79 Å². The molecule has 0 aliphatic heterocycles. The predicted molar refractivity (Wildman–Crippen MR) is 86.7 cm³/mol. The Morgan fingerprint density at radius 3 is 2.35 bits per heavy atom. The van der Waals surface area contributed by atoms with E-state index in [1.165, 1.54) is 11.3 Å². The lowest BCUT2D eigenvalue weighted by Crippen LogP contribution is -2.40. The molecular weight excluding hydrogens is 342 g/mol. The van der Waals surface area contributed by atoms with Gasteiger partial charge in [0.2, 0.25) is 0 Å². The molecule has 0 unspecified atom stereocenters. The molecule has 0 saturated carbocycles. The monoisotopic (exact) mass is 363 g/mol. The molecule has 0 atom stereocenters. The average Bonchev–Trinajstić information content (AvgIpc) is 2.56. The molecule has 1 aromatic heterocycles. The van der Waals surface area contributed by atoms with Crippen LogP contribution in [0.4, 0.5) is 9.93 Å². The van der Waals surface area contributed by atoms with Crippen LogP contribution in [0.25, 0.3) is 0 Å². The maximum absolute atomic E-state index is 12.3. The van der Waals surface area contributed by atoms with E-state index in [2.05, 4.69) is 20.9 Å². The number of hydrogen-bond acceptors (Lipinski definition) is 5. The summed E-state index contributed by atoms with van der Waals surface area (Å²) in [6.45, 7) is 8.77. The van der Waals surface area contributed by atoms with Crippen molar-refractivity contribution in [1.29, 1.82) is 0 Å². The van der Waals surface area contributed by atoms with Crippen LogP contribution in [0, 0.1) is 6.92 Å². The second kappa shape index (κ2) is 6.87. The molecule has 0 aliphatic carbocycles. The van der Waals surface area contributed by atoms with Crippen LogP contribution < -0.4 is 4.90 Å². The number of anilines is 1. The fraction of sp³-hybridized carbons (Fsp3) is 0.692. The van der Waals surface area contributed by atoms with Crippen molar-refractivity contribution in [3.05, 3.63) is 9.48 Å². The Balaban J connectivity index is 2.92. The molecule has 0 N–H and O–H groups in total. The van der Waals surface area contributed by atoms with Gasteiger partial charge in [-0.25, -0.2) is 9.78 Å². The molecule has 1 amide bonds. The molecular formula is C13H22BrN3O2S. The number of ether oxygens (including phenoxy) is 1. The molecule has 20 heavy (non-hydrogen) atoms. The van der Waals surface area contributed by atoms with E-state index in [1.807, 2.05) is 46.7 Å². The number of hydrogen-bond donors (Lipinski definition) is 0. The zero-order valence-corrected chi connectivity index (χ0v) is 15.3. The lowest BCUT2D eigenvalue weighted by molar-refractivity contribution is 0.0578. The largest absolute Gasteiger partial charge is 0.443 e. The quantitative estimate of drug-likeness (QED) is 0.820. The van der Waals surface area contributed by atoms with Gasteiger partial charge >= 0.3 is 6.09 Å². The van der Waals surface area contributed by atoms with Crippen LogP contribution in [0.5, 0.6) is 0 Å². The van der Waals surface area contributed by atoms with E-state index in [1.54, 1.807) is 4.90 Å². The van der Waals surface area contributed by atoms with Crippen molar-refractivity contribution in [3.8, 4) is 0 Å². The summed E-state index contributed by atoms with van der Waals surface area (Å²) >= 11 is 4.88. The second-order valence-corrected chi connectivity index (χ2v) is 8.09. The van der Waals surface area contributed by atoms with Crippen molar-refractivity contribution in [3.63, 3.8) is 0 Å². The summed E-state index contributed by atoms with van der Waals surface area (Å²) in [7, 11) is 3.94. The summed E-state index contributed by atoms with van der Waals surface area (Å²) in [6.07, 6.45) is -0.361. The third kappa shape index (κ3) is 5.38. The third-order valence-corrected chi connectivity index (χ3v) is 4.37. The molecule has 1 heterocycles. The van der Waals surface area contributed by atoms with Crippen molar-refractivity contribution in [2.75, 3.05) is 32.1 Å². The zero-order chi connectivity index (χ0) is 15.5. The fourth-order valence-electron chi connectivity index (χ4n) is 1.36. The van der Waals surface area contributed by atoms with Gasteiger partial charge in [0.25, 0.3) is 0 Å². The van der Waals surface area contributed by atoms with E-state index >= 15 is 0 Å². The first kappa shape index (κ1) is 17.4. The number of rotatable bonds is 4. The maximum atomic E-state index is 12.3. The molecule has 0 bridgehead atoms. The normalized spacial score (nSPS) is 11.8. The number of likely N-dealkylation sites (N-methyl/N-ethyl adjacent to an activating group) is 1. The Morgan fingerprint density at radius 2 is 1.95 bits per heavy atom. The van der Waals surface area contributed by atoms with Crippen molar-refractivity contribution in [2.24, 2.45) is 0 Å². The molecule has 5 nitrogen and oxygen atoms in total. The smallest absolute Gasteiger partial charge is 0.416 e. The Labute approximate surface area is 133 Å². The highest BCUT2D eigenvalue weighted by molar-refractivity contribution is 9.11. The van der Waals surface area contributed by atoms with Gasteiger partial charge in [0.15, 0.2) is 5.13 Å². The third-order valence-electron chi connectivity index (χ3n) is 2.34. The second-order valence-electron chi connectivity index (χ2n) is 5.79. The summed E-state index contributed by atoms with van der Waals surface area (Å²) in [5.41, 5.74) is 0.361. The summed E-state index contributed by atoms with van der Waals surface area (Å²) in [6, 6.07) is 0. The summed E-state index contributed by atoms with van der Waals surface area (Å²) in [5, 5.41) is 0.658. The molecule has 114 valence electrons. The van der Waals surface area contributed by atoms with E-state index in [-0.39, 0.29) is 6.09 Å². The highest BCUT2D eigenvalue weighted by atomic mass is 79.9. The zero-order valence-electron chi connectivity index (χ0n) is 12.9. The molecule has 1 rings (SSSR count). The van der Waals surface area contributed by atoms with E-state index < -0.39 is 5.60 Å². The van der Waals surface area contributed by atoms with E-state index in [0.29, 0.717) is 11.7 Å². The summed E-state index contributed by atoms with van der Waals surface area (Å²) < 4.78 is 6.39. The number of aromatic nitrogens is 1.